The molecule has 1 amide bonds. The number of benzene rings is 2. The van der Waals surface area contributed by atoms with Crippen LogP contribution in [-0.4, -0.2) is 40.8 Å². The van der Waals surface area contributed by atoms with Crippen molar-refractivity contribution < 1.29 is 27.1 Å². The Labute approximate surface area is 168 Å². The molecule has 7 nitrogen and oxygen atoms in total. The van der Waals surface area contributed by atoms with Gasteiger partial charge in [-0.1, -0.05) is 11.6 Å². The summed E-state index contributed by atoms with van der Waals surface area (Å²) in [7, 11) is -1.01. The molecule has 0 aromatic heterocycles. The lowest BCUT2D eigenvalue weighted by molar-refractivity contribution is -0.116. The van der Waals surface area contributed by atoms with Crippen LogP contribution in [0.1, 0.15) is 6.92 Å². The average Bonchev–Trinajstić information content (AvgIpc) is 2.63. The first-order valence-electron chi connectivity index (χ1n) is 8.05. The van der Waals surface area contributed by atoms with Crippen LogP contribution in [0.2, 0.25) is 5.02 Å². The Morgan fingerprint density at radius 3 is 2.21 bits per heavy atom. The molecule has 0 aliphatic rings. The highest BCUT2D eigenvalue weighted by atomic mass is 35.5. The lowest BCUT2D eigenvalue weighted by atomic mass is 10.2. The van der Waals surface area contributed by atoms with Gasteiger partial charge in [-0.15, -0.1) is 0 Å². The van der Waals surface area contributed by atoms with Crippen molar-refractivity contribution in [3.63, 3.8) is 0 Å². The fourth-order valence-corrected chi connectivity index (χ4v) is 4.00. The van der Waals surface area contributed by atoms with Crippen LogP contribution in [0, 0.1) is 5.82 Å². The van der Waals surface area contributed by atoms with E-state index in [0.29, 0.717) is 5.75 Å². The zero-order valence-electron chi connectivity index (χ0n) is 15.7. The summed E-state index contributed by atoms with van der Waals surface area (Å²) in [6, 6.07) is 6.60. The van der Waals surface area contributed by atoms with E-state index >= 15 is 0 Å². The molecule has 0 aliphatic heterocycles. The van der Waals surface area contributed by atoms with Gasteiger partial charge in [-0.3, -0.25) is 9.10 Å². The molecule has 0 saturated carbocycles. The molecule has 2 rings (SSSR count). The largest absolute Gasteiger partial charge is 0.495 e. The van der Waals surface area contributed by atoms with Gasteiger partial charge < -0.3 is 14.8 Å². The number of nitrogens with zero attached hydrogens (tertiary/aromatic N) is 1. The molecule has 0 unspecified atom stereocenters. The van der Waals surface area contributed by atoms with E-state index in [1.54, 1.807) is 0 Å². The number of rotatable bonds is 7. The van der Waals surface area contributed by atoms with E-state index in [4.69, 9.17) is 21.1 Å². The summed E-state index contributed by atoms with van der Waals surface area (Å²) in [4.78, 5) is 12.8. The van der Waals surface area contributed by atoms with Crippen LogP contribution in [0.3, 0.4) is 0 Å². The standard InChI is InChI=1S/C18H20ClFN2O5S/c1-11(22(28(4,24)25)13-7-5-12(20)6-8-13)18(23)21-15-10-16(26-2)14(19)9-17(15)27-3/h5-11H,1-4H3,(H,21,23)/t11-/m0/s1. The van der Waals surface area contributed by atoms with E-state index in [1.807, 2.05) is 0 Å². The summed E-state index contributed by atoms with van der Waals surface area (Å²) in [5, 5.41) is 2.90. The van der Waals surface area contributed by atoms with Crippen molar-refractivity contribution in [1.29, 1.82) is 0 Å². The number of hydrogen-bond donors (Lipinski definition) is 1. The van der Waals surface area contributed by atoms with Crippen LogP contribution in [0.15, 0.2) is 36.4 Å². The summed E-state index contributed by atoms with van der Waals surface area (Å²) >= 11 is 6.05. The van der Waals surface area contributed by atoms with Crippen molar-refractivity contribution in [3.8, 4) is 11.5 Å². The van der Waals surface area contributed by atoms with Crippen molar-refractivity contribution in [2.75, 3.05) is 30.1 Å². The van der Waals surface area contributed by atoms with Crippen molar-refractivity contribution >= 4 is 38.9 Å². The Morgan fingerprint density at radius 1 is 1.14 bits per heavy atom. The number of anilines is 2. The Balaban J connectivity index is 2.37. The van der Waals surface area contributed by atoms with Gasteiger partial charge >= 0.3 is 0 Å². The molecule has 2 aromatic carbocycles. The molecule has 2 aromatic rings. The molecule has 1 N–H and O–H groups in total. The van der Waals surface area contributed by atoms with Gasteiger partial charge in [-0.2, -0.15) is 0 Å². The lowest BCUT2D eigenvalue weighted by Crippen LogP contribution is -2.45. The minimum absolute atomic E-state index is 0.159. The fraction of sp³-hybridized carbons (Fsp3) is 0.278. The molecule has 1 atom stereocenters. The molecule has 10 heteroatoms. The zero-order chi connectivity index (χ0) is 21.1. The van der Waals surface area contributed by atoms with Crippen LogP contribution < -0.4 is 19.1 Å². The summed E-state index contributed by atoms with van der Waals surface area (Å²) in [6.07, 6.45) is 0.964. The molecule has 0 spiro atoms. The molecule has 0 bridgehead atoms. The Bertz CT molecular complexity index is 967. The summed E-state index contributed by atoms with van der Waals surface area (Å²) < 4.78 is 49.0. The van der Waals surface area contributed by atoms with E-state index in [1.165, 1.54) is 45.4 Å². The number of carbonyl (C=O) groups is 1. The second kappa shape index (κ2) is 8.66. The Hall–Kier alpha value is -2.52. The Morgan fingerprint density at radius 2 is 1.71 bits per heavy atom. The smallest absolute Gasteiger partial charge is 0.248 e. The maximum absolute atomic E-state index is 13.2. The van der Waals surface area contributed by atoms with Gasteiger partial charge in [0.15, 0.2) is 0 Å². The molecular weight excluding hydrogens is 411 g/mol. The van der Waals surface area contributed by atoms with Crippen molar-refractivity contribution in [2.45, 2.75) is 13.0 Å². The number of nitrogens with one attached hydrogen (secondary N) is 1. The van der Waals surface area contributed by atoms with E-state index in [9.17, 15) is 17.6 Å². The highest BCUT2D eigenvalue weighted by Crippen LogP contribution is 2.36. The molecule has 0 heterocycles. The van der Waals surface area contributed by atoms with Gasteiger partial charge in [0.2, 0.25) is 15.9 Å². The average molecular weight is 431 g/mol. The number of methoxy groups -OCH3 is 2. The number of hydrogen-bond acceptors (Lipinski definition) is 5. The van der Waals surface area contributed by atoms with Gasteiger partial charge in [0, 0.05) is 12.1 Å². The monoisotopic (exact) mass is 430 g/mol. The summed E-state index contributed by atoms with van der Waals surface area (Å²) in [5.41, 5.74) is 0.417. The maximum atomic E-state index is 13.2. The molecule has 0 radical (unpaired) electrons. The third kappa shape index (κ3) is 4.85. The molecule has 152 valence electrons. The molecular formula is C18H20ClFN2O5S. The first kappa shape index (κ1) is 21.8. The first-order valence-corrected chi connectivity index (χ1v) is 10.3. The van der Waals surface area contributed by atoms with Gasteiger partial charge in [-0.05, 0) is 31.2 Å². The minimum Gasteiger partial charge on any atom is -0.495 e. The minimum atomic E-state index is -3.83. The maximum Gasteiger partial charge on any atom is 0.248 e. The lowest BCUT2D eigenvalue weighted by Gasteiger charge is -2.28. The van der Waals surface area contributed by atoms with E-state index < -0.39 is 27.8 Å². The number of ether oxygens (including phenoxy) is 2. The summed E-state index contributed by atoms with van der Waals surface area (Å²) in [6.45, 7) is 1.42. The number of sulfonamides is 1. The predicted octanol–water partition coefficient (Wildman–Crippen LogP) is 3.29. The molecule has 28 heavy (non-hydrogen) atoms. The van der Waals surface area contributed by atoms with Gasteiger partial charge in [0.05, 0.1) is 36.9 Å². The van der Waals surface area contributed by atoms with Crippen LogP contribution in [0.4, 0.5) is 15.8 Å². The van der Waals surface area contributed by atoms with Crippen molar-refractivity contribution in [3.05, 3.63) is 47.2 Å². The fourth-order valence-electron chi connectivity index (χ4n) is 2.59. The van der Waals surface area contributed by atoms with Gasteiger partial charge in [-0.25, -0.2) is 12.8 Å². The zero-order valence-corrected chi connectivity index (χ0v) is 17.3. The third-order valence-corrected chi connectivity index (χ3v) is 5.44. The highest BCUT2D eigenvalue weighted by molar-refractivity contribution is 7.92. The summed E-state index contributed by atoms with van der Waals surface area (Å²) in [5.74, 6) is -0.562. The van der Waals surface area contributed by atoms with Crippen LogP contribution in [0.25, 0.3) is 0 Å². The van der Waals surface area contributed by atoms with E-state index in [-0.39, 0.29) is 22.1 Å². The molecule has 0 aliphatic carbocycles. The van der Waals surface area contributed by atoms with Crippen molar-refractivity contribution in [1.82, 2.24) is 0 Å². The second-order valence-corrected chi connectivity index (χ2v) is 8.15. The number of carbonyl (C=O) groups excluding carboxylic acids is 1. The Kier molecular flexibility index (Phi) is 6.73. The normalized spacial score (nSPS) is 12.2. The van der Waals surface area contributed by atoms with Gasteiger partial charge in [0.1, 0.15) is 23.4 Å². The third-order valence-electron chi connectivity index (χ3n) is 3.90. The predicted molar refractivity (Wildman–Crippen MR) is 106 cm³/mol. The molecule has 0 saturated heterocycles. The van der Waals surface area contributed by atoms with Crippen LogP contribution in [-0.2, 0) is 14.8 Å². The van der Waals surface area contributed by atoms with E-state index in [2.05, 4.69) is 5.32 Å². The van der Waals surface area contributed by atoms with E-state index in [0.717, 1.165) is 22.7 Å². The molecule has 0 fully saturated rings. The SMILES string of the molecule is COc1cc(NC(=O)[C@H](C)N(c2ccc(F)cc2)S(C)(=O)=O)c(OC)cc1Cl. The highest BCUT2D eigenvalue weighted by Gasteiger charge is 2.30. The van der Waals surface area contributed by atoms with Crippen LogP contribution >= 0.6 is 11.6 Å². The second-order valence-electron chi connectivity index (χ2n) is 5.89. The number of halogens is 2. The quantitative estimate of drug-likeness (QED) is 0.728. The van der Waals surface area contributed by atoms with Crippen LogP contribution in [0.5, 0.6) is 11.5 Å². The van der Waals surface area contributed by atoms with Crippen molar-refractivity contribution in [2.24, 2.45) is 0 Å². The van der Waals surface area contributed by atoms with Gasteiger partial charge in [0.25, 0.3) is 0 Å². The first-order chi connectivity index (χ1) is 13.1. The topological polar surface area (TPSA) is 84.9 Å². The number of amides is 1.